The van der Waals surface area contributed by atoms with Gasteiger partial charge < -0.3 is 20.1 Å². The van der Waals surface area contributed by atoms with Crippen LogP contribution in [-0.2, 0) is 13.1 Å². The molecule has 8 heteroatoms. The van der Waals surface area contributed by atoms with Gasteiger partial charge in [-0.3, -0.25) is 9.69 Å². The van der Waals surface area contributed by atoms with Crippen LogP contribution < -0.4 is 10.6 Å². The summed E-state index contributed by atoms with van der Waals surface area (Å²) in [7, 11) is 0. The Morgan fingerprint density at radius 2 is 1.87 bits per heavy atom. The molecule has 3 amide bonds. The number of carbonyl (C=O) groups is 2. The van der Waals surface area contributed by atoms with Crippen molar-refractivity contribution in [2.24, 2.45) is 0 Å². The van der Waals surface area contributed by atoms with Crippen molar-refractivity contribution in [2.45, 2.75) is 58.3 Å². The zero-order valence-corrected chi connectivity index (χ0v) is 18.6. The number of hydrogen-bond acceptors (Lipinski definition) is 4. The number of piperidine rings is 1. The van der Waals surface area contributed by atoms with Gasteiger partial charge >= 0.3 is 6.03 Å². The third kappa shape index (κ3) is 5.25. The van der Waals surface area contributed by atoms with Gasteiger partial charge in [0.2, 0.25) is 0 Å². The molecule has 1 saturated heterocycles. The Hall–Kier alpha value is -2.87. The van der Waals surface area contributed by atoms with Gasteiger partial charge in [0, 0.05) is 61.4 Å². The van der Waals surface area contributed by atoms with Crippen molar-refractivity contribution < 1.29 is 9.59 Å². The lowest BCUT2D eigenvalue weighted by atomic mass is 10.0. The van der Waals surface area contributed by atoms with Crippen molar-refractivity contribution in [3.8, 4) is 0 Å². The molecule has 0 atom stereocenters. The van der Waals surface area contributed by atoms with E-state index in [4.69, 9.17) is 0 Å². The zero-order chi connectivity index (χ0) is 22.0. The second-order valence-electron chi connectivity index (χ2n) is 9.44. The number of hydrogen-bond donors (Lipinski definition) is 2. The maximum absolute atomic E-state index is 12.8. The molecule has 0 radical (unpaired) electrons. The highest BCUT2D eigenvalue weighted by atomic mass is 16.2. The first-order valence-corrected chi connectivity index (χ1v) is 11.0. The van der Waals surface area contributed by atoms with Gasteiger partial charge in [-0.15, -0.1) is 0 Å². The van der Waals surface area contributed by atoms with Crippen molar-refractivity contribution >= 4 is 17.6 Å². The Balaban J connectivity index is 1.29. The van der Waals surface area contributed by atoms with Gasteiger partial charge in [0.15, 0.2) is 0 Å². The number of likely N-dealkylation sites (tertiary alicyclic amines) is 1. The van der Waals surface area contributed by atoms with Gasteiger partial charge in [0.05, 0.1) is 6.54 Å². The van der Waals surface area contributed by atoms with Crippen LogP contribution in [0.25, 0.3) is 0 Å². The summed E-state index contributed by atoms with van der Waals surface area (Å²) >= 11 is 0. The highest BCUT2D eigenvalue weighted by molar-refractivity contribution is 5.97. The van der Waals surface area contributed by atoms with Crippen LogP contribution in [0.2, 0.25) is 0 Å². The zero-order valence-electron chi connectivity index (χ0n) is 18.6. The number of nitrogens with one attached hydrogen (secondary N) is 2. The molecule has 4 rings (SSSR count). The van der Waals surface area contributed by atoms with E-state index >= 15 is 0 Å². The average Bonchev–Trinajstić information content (AvgIpc) is 3.21. The van der Waals surface area contributed by atoms with Crippen LogP contribution in [-0.4, -0.2) is 62.5 Å². The quantitative estimate of drug-likeness (QED) is 0.794. The lowest BCUT2D eigenvalue weighted by molar-refractivity contribution is 0.0919. The average molecular weight is 425 g/mol. The summed E-state index contributed by atoms with van der Waals surface area (Å²) in [5.41, 5.74) is 0.861. The third-order valence-electron chi connectivity index (χ3n) is 5.91. The standard InChI is InChI=1S/C23H32N6O2/c1-23(2,3)26-21(30)17-5-4-6-18(15-17)25-22(31)28-10-7-19(8-11-28)29-14-13-27-12-9-24-20(27)16-29/h4-6,9,12,15,19H,7-8,10-11,13-14,16H2,1-3H3,(H,25,31)(H,26,30). The van der Waals surface area contributed by atoms with Gasteiger partial charge in [-0.2, -0.15) is 0 Å². The van der Waals surface area contributed by atoms with E-state index in [0.29, 0.717) is 17.3 Å². The van der Waals surface area contributed by atoms with Crippen molar-refractivity contribution in [1.29, 1.82) is 0 Å². The monoisotopic (exact) mass is 424 g/mol. The van der Waals surface area contributed by atoms with E-state index in [1.807, 2.05) is 44.1 Å². The molecule has 1 aromatic carbocycles. The maximum Gasteiger partial charge on any atom is 0.321 e. The lowest BCUT2D eigenvalue weighted by Crippen LogP contribution is -2.49. The van der Waals surface area contributed by atoms with Gasteiger partial charge in [-0.25, -0.2) is 9.78 Å². The molecule has 2 aliphatic heterocycles. The van der Waals surface area contributed by atoms with Gasteiger partial charge in [-0.1, -0.05) is 6.07 Å². The Morgan fingerprint density at radius 3 is 2.61 bits per heavy atom. The first-order chi connectivity index (χ1) is 14.8. The molecule has 166 valence electrons. The molecule has 0 aliphatic carbocycles. The molecule has 0 bridgehead atoms. The number of aromatic nitrogens is 2. The van der Waals surface area contributed by atoms with Crippen molar-refractivity contribution in [3.63, 3.8) is 0 Å². The summed E-state index contributed by atoms with van der Waals surface area (Å²) in [6.07, 6.45) is 5.83. The molecule has 1 fully saturated rings. The Morgan fingerprint density at radius 1 is 1.10 bits per heavy atom. The second-order valence-corrected chi connectivity index (χ2v) is 9.44. The molecule has 0 spiro atoms. The summed E-state index contributed by atoms with van der Waals surface area (Å²) in [5.74, 6) is 0.980. The number of urea groups is 1. The molecular formula is C23H32N6O2. The van der Waals surface area contributed by atoms with Gasteiger partial charge in [0.1, 0.15) is 5.82 Å². The number of rotatable bonds is 3. The van der Waals surface area contributed by atoms with Crippen LogP contribution in [0.5, 0.6) is 0 Å². The molecule has 3 heterocycles. The molecular weight excluding hydrogens is 392 g/mol. The first kappa shape index (κ1) is 21.4. The smallest absolute Gasteiger partial charge is 0.321 e. The fourth-order valence-corrected chi connectivity index (χ4v) is 4.29. The van der Waals surface area contributed by atoms with E-state index in [2.05, 4.69) is 25.1 Å². The minimum atomic E-state index is -0.311. The van der Waals surface area contributed by atoms with E-state index in [0.717, 1.165) is 51.4 Å². The van der Waals surface area contributed by atoms with E-state index < -0.39 is 0 Å². The first-order valence-electron chi connectivity index (χ1n) is 11.0. The molecule has 0 saturated carbocycles. The van der Waals surface area contributed by atoms with Crippen LogP contribution in [0.3, 0.4) is 0 Å². The highest BCUT2D eigenvalue weighted by Gasteiger charge is 2.29. The Labute approximate surface area is 183 Å². The predicted octanol–water partition coefficient (Wildman–Crippen LogP) is 2.92. The number of imidazole rings is 1. The molecule has 2 aliphatic rings. The lowest BCUT2D eigenvalue weighted by Gasteiger charge is -2.40. The molecule has 8 nitrogen and oxygen atoms in total. The minimum absolute atomic E-state index is 0.110. The maximum atomic E-state index is 12.8. The number of carbonyl (C=O) groups excluding carboxylic acids is 2. The summed E-state index contributed by atoms with van der Waals surface area (Å²) < 4.78 is 2.22. The van der Waals surface area contributed by atoms with Crippen LogP contribution in [0.4, 0.5) is 10.5 Å². The van der Waals surface area contributed by atoms with Crippen LogP contribution in [0, 0.1) is 0 Å². The number of benzene rings is 1. The summed E-state index contributed by atoms with van der Waals surface area (Å²) in [4.78, 5) is 34.0. The molecule has 0 unspecified atom stereocenters. The van der Waals surface area contributed by atoms with Crippen LogP contribution >= 0.6 is 0 Å². The minimum Gasteiger partial charge on any atom is -0.347 e. The van der Waals surface area contributed by atoms with E-state index in [1.54, 1.807) is 18.2 Å². The number of amides is 3. The van der Waals surface area contributed by atoms with E-state index in [9.17, 15) is 9.59 Å². The fourth-order valence-electron chi connectivity index (χ4n) is 4.29. The largest absolute Gasteiger partial charge is 0.347 e. The van der Waals surface area contributed by atoms with Gasteiger partial charge in [0.25, 0.3) is 5.91 Å². The number of nitrogens with zero attached hydrogens (tertiary/aromatic N) is 4. The third-order valence-corrected chi connectivity index (χ3v) is 5.91. The molecule has 2 aromatic rings. The number of anilines is 1. The van der Waals surface area contributed by atoms with Crippen LogP contribution in [0.15, 0.2) is 36.7 Å². The Kier molecular flexibility index (Phi) is 6.00. The molecule has 2 N–H and O–H groups in total. The topological polar surface area (TPSA) is 82.5 Å². The van der Waals surface area contributed by atoms with E-state index in [-0.39, 0.29) is 17.5 Å². The summed E-state index contributed by atoms with van der Waals surface area (Å²) in [6.45, 7) is 10.2. The van der Waals surface area contributed by atoms with Crippen molar-refractivity contribution in [1.82, 2.24) is 24.7 Å². The predicted molar refractivity (Wildman–Crippen MR) is 120 cm³/mol. The molecule has 1 aromatic heterocycles. The fraction of sp³-hybridized carbons (Fsp3) is 0.522. The second kappa shape index (κ2) is 8.70. The molecule has 31 heavy (non-hydrogen) atoms. The summed E-state index contributed by atoms with van der Waals surface area (Å²) in [6, 6.07) is 7.46. The summed E-state index contributed by atoms with van der Waals surface area (Å²) in [5, 5.41) is 5.90. The Bertz CT molecular complexity index is 940. The van der Waals surface area contributed by atoms with Crippen LogP contribution in [0.1, 0.15) is 49.8 Å². The SMILES string of the molecule is CC(C)(C)NC(=O)c1cccc(NC(=O)N2CCC(N3CCn4ccnc4C3)CC2)c1. The van der Waals surface area contributed by atoms with E-state index in [1.165, 1.54) is 0 Å². The highest BCUT2D eigenvalue weighted by Crippen LogP contribution is 2.22. The van der Waals surface area contributed by atoms with Gasteiger partial charge in [-0.05, 0) is 51.8 Å². The van der Waals surface area contributed by atoms with Crippen molar-refractivity contribution in [2.75, 3.05) is 25.0 Å². The normalized spacial score (nSPS) is 17.8. The number of fused-ring (bicyclic) bond motifs is 1. The van der Waals surface area contributed by atoms with Crippen molar-refractivity contribution in [3.05, 3.63) is 48.0 Å².